The Balaban J connectivity index is 2.61. The summed E-state index contributed by atoms with van der Waals surface area (Å²) in [5.74, 6) is -5.14. The lowest BCUT2D eigenvalue weighted by molar-refractivity contribution is -0.290. The first kappa shape index (κ1) is 13.6. The fourth-order valence-electron chi connectivity index (χ4n) is 0.846. The average molecular weight is 257 g/mol. The summed E-state index contributed by atoms with van der Waals surface area (Å²) >= 11 is 0. The molecule has 0 spiro atoms. The highest BCUT2D eigenvalue weighted by Crippen LogP contribution is 2.35. The van der Waals surface area contributed by atoms with E-state index < -0.39 is 18.7 Å². The predicted octanol–water partition coefficient (Wildman–Crippen LogP) is 2.15. The van der Waals surface area contributed by atoms with Crippen LogP contribution in [0.2, 0.25) is 0 Å². The van der Waals surface area contributed by atoms with Gasteiger partial charge >= 0.3 is 12.1 Å². The van der Waals surface area contributed by atoms with Crippen molar-refractivity contribution in [1.29, 1.82) is 0 Å². The van der Waals surface area contributed by atoms with Crippen LogP contribution in [0.15, 0.2) is 18.3 Å². The second kappa shape index (κ2) is 4.82. The Labute approximate surface area is 92.8 Å². The lowest BCUT2D eigenvalue weighted by atomic mass is 10.3. The first-order valence-electron chi connectivity index (χ1n) is 4.39. The van der Waals surface area contributed by atoms with Crippen molar-refractivity contribution in [3.8, 4) is 5.75 Å². The third kappa shape index (κ3) is 3.52. The Morgan fingerprint density at radius 3 is 2.24 bits per heavy atom. The highest BCUT2D eigenvalue weighted by Gasteiger charge is 2.58. The van der Waals surface area contributed by atoms with E-state index in [0.29, 0.717) is 0 Å². The zero-order valence-electron chi connectivity index (χ0n) is 8.34. The van der Waals surface area contributed by atoms with E-state index in [-0.39, 0.29) is 18.1 Å². The van der Waals surface area contributed by atoms with Gasteiger partial charge in [-0.25, -0.2) is 0 Å². The fraction of sp³-hybridized carbons (Fsp3) is 0.444. The first-order valence-corrected chi connectivity index (χ1v) is 4.39. The van der Waals surface area contributed by atoms with E-state index in [9.17, 15) is 22.0 Å². The van der Waals surface area contributed by atoms with Crippen molar-refractivity contribution in [2.24, 2.45) is 0 Å². The third-order valence-electron chi connectivity index (χ3n) is 1.79. The van der Waals surface area contributed by atoms with E-state index in [1.54, 1.807) is 0 Å². The van der Waals surface area contributed by atoms with Gasteiger partial charge in [-0.15, -0.1) is 0 Å². The number of ether oxygens (including phenoxy) is 1. The van der Waals surface area contributed by atoms with E-state index in [1.165, 1.54) is 6.07 Å². The van der Waals surface area contributed by atoms with Crippen molar-refractivity contribution in [3.05, 3.63) is 24.0 Å². The molecular formula is C9H8F5NO2. The van der Waals surface area contributed by atoms with Crippen LogP contribution >= 0.6 is 0 Å². The minimum atomic E-state index is -5.65. The summed E-state index contributed by atoms with van der Waals surface area (Å²) in [6.07, 6.45) is -4.69. The molecule has 0 aliphatic rings. The summed E-state index contributed by atoms with van der Waals surface area (Å²) in [5.41, 5.74) is 0.250. The Morgan fingerprint density at radius 2 is 1.82 bits per heavy atom. The van der Waals surface area contributed by atoms with Crippen LogP contribution in [0.4, 0.5) is 22.0 Å². The molecule has 0 aromatic carbocycles. The number of hydrogen-bond acceptors (Lipinski definition) is 3. The Morgan fingerprint density at radius 1 is 1.18 bits per heavy atom. The Kier molecular flexibility index (Phi) is 3.87. The number of hydrogen-bond donors (Lipinski definition) is 1. The summed E-state index contributed by atoms with van der Waals surface area (Å²) in [5, 5.41) is 8.62. The van der Waals surface area contributed by atoms with Crippen molar-refractivity contribution in [2.45, 2.75) is 18.7 Å². The summed E-state index contributed by atoms with van der Waals surface area (Å²) in [6, 6.07) is 2.39. The maximum Gasteiger partial charge on any atom is 0.456 e. The van der Waals surface area contributed by atoms with E-state index >= 15 is 0 Å². The van der Waals surface area contributed by atoms with Gasteiger partial charge in [0.25, 0.3) is 0 Å². The quantitative estimate of drug-likeness (QED) is 0.840. The predicted molar refractivity (Wildman–Crippen MR) is 46.7 cm³/mol. The molecule has 1 aromatic heterocycles. The number of nitrogens with zero attached hydrogens (tertiary/aromatic N) is 1. The summed E-state index contributed by atoms with van der Waals surface area (Å²) in [4.78, 5) is 3.56. The molecule has 96 valence electrons. The first-order chi connectivity index (χ1) is 7.76. The molecule has 0 radical (unpaired) electrons. The van der Waals surface area contributed by atoms with Gasteiger partial charge in [0.15, 0.2) is 6.61 Å². The second-order valence-electron chi connectivity index (χ2n) is 3.13. The molecule has 8 heteroatoms. The minimum Gasteiger partial charge on any atom is -0.485 e. The van der Waals surface area contributed by atoms with Gasteiger partial charge in [0.05, 0.1) is 18.5 Å². The largest absolute Gasteiger partial charge is 0.485 e. The van der Waals surface area contributed by atoms with Crippen molar-refractivity contribution in [3.63, 3.8) is 0 Å². The smallest absolute Gasteiger partial charge is 0.456 e. The van der Waals surface area contributed by atoms with E-state index in [0.717, 1.165) is 12.3 Å². The van der Waals surface area contributed by atoms with Crippen LogP contribution in [0, 0.1) is 0 Å². The third-order valence-corrected chi connectivity index (χ3v) is 1.79. The van der Waals surface area contributed by atoms with Crippen LogP contribution < -0.4 is 4.74 Å². The fourth-order valence-corrected chi connectivity index (χ4v) is 0.846. The normalized spacial score (nSPS) is 12.6. The van der Waals surface area contributed by atoms with Crippen molar-refractivity contribution in [1.82, 2.24) is 4.98 Å². The monoisotopic (exact) mass is 257 g/mol. The number of aliphatic hydroxyl groups excluding tert-OH is 1. The van der Waals surface area contributed by atoms with Gasteiger partial charge in [0.2, 0.25) is 0 Å². The standard InChI is InChI=1S/C9H8F5NO2/c10-8(11,9(12,13)14)5-17-7-2-1-6(4-16)15-3-7/h1-3,16H,4-5H2. The van der Waals surface area contributed by atoms with E-state index in [4.69, 9.17) is 5.11 Å². The van der Waals surface area contributed by atoms with E-state index in [1.807, 2.05) is 0 Å². The SMILES string of the molecule is OCc1ccc(OCC(F)(F)C(F)(F)F)cn1. The lowest BCUT2D eigenvalue weighted by Crippen LogP contribution is -2.41. The molecule has 1 aromatic rings. The number of pyridine rings is 1. The highest BCUT2D eigenvalue weighted by atomic mass is 19.4. The molecule has 0 aliphatic heterocycles. The number of alkyl halides is 5. The molecule has 17 heavy (non-hydrogen) atoms. The molecule has 0 fully saturated rings. The summed E-state index contributed by atoms with van der Waals surface area (Å²) < 4.78 is 64.5. The van der Waals surface area contributed by atoms with Gasteiger partial charge in [-0.1, -0.05) is 0 Å². The molecule has 3 nitrogen and oxygen atoms in total. The van der Waals surface area contributed by atoms with Crippen LogP contribution in [0.1, 0.15) is 5.69 Å². The van der Waals surface area contributed by atoms with Crippen molar-refractivity contribution >= 4 is 0 Å². The molecular weight excluding hydrogens is 249 g/mol. The van der Waals surface area contributed by atoms with E-state index in [2.05, 4.69) is 9.72 Å². The van der Waals surface area contributed by atoms with Gasteiger partial charge in [-0.05, 0) is 12.1 Å². The number of aliphatic hydroxyl groups is 1. The number of rotatable bonds is 4. The molecule has 1 rings (SSSR count). The van der Waals surface area contributed by atoms with Crippen LogP contribution in [0.5, 0.6) is 5.75 Å². The Hall–Kier alpha value is -1.44. The molecule has 0 saturated carbocycles. The van der Waals surface area contributed by atoms with Gasteiger partial charge in [0, 0.05) is 0 Å². The number of halogens is 5. The summed E-state index contributed by atoms with van der Waals surface area (Å²) in [7, 11) is 0. The lowest BCUT2D eigenvalue weighted by Gasteiger charge is -2.19. The molecule has 0 unspecified atom stereocenters. The molecule has 1 heterocycles. The van der Waals surface area contributed by atoms with Gasteiger partial charge in [-0.3, -0.25) is 4.98 Å². The van der Waals surface area contributed by atoms with Gasteiger partial charge in [0.1, 0.15) is 5.75 Å². The summed E-state index contributed by atoms with van der Waals surface area (Å²) in [6.45, 7) is -2.17. The molecule has 0 amide bonds. The maximum atomic E-state index is 12.5. The van der Waals surface area contributed by atoms with Crippen LogP contribution in [0.25, 0.3) is 0 Å². The zero-order valence-corrected chi connectivity index (χ0v) is 8.34. The van der Waals surface area contributed by atoms with Crippen molar-refractivity contribution < 1.29 is 31.8 Å². The van der Waals surface area contributed by atoms with Crippen molar-refractivity contribution in [2.75, 3.05) is 6.61 Å². The highest BCUT2D eigenvalue weighted by molar-refractivity contribution is 5.19. The van der Waals surface area contributed by atoms with Crippen LogP contribution in [0.3, 0.4) is 0 Å². The van der Waals surface area contributed by atoms with Crippen LogP contribution in [-0.2, 0) is 6.61 Å². The van der Waals surface area contributed by atoms with Gasteiger partial charge in [-0.2, -0.15) is 22.0 Å². The molecule has 1 N–H and O–H groups in total. The minimum absolute atomic E-state index is 0.230. The number of aromatic nitrogens is 1. The molecule has 0 aliphatic carbocycles. The second-order valence-corrected chi connectivity index (χ2v) is 3.13. The van der Waals surface area contributed by atoms with Crippen LogP contribution in [-0.4, -0.2) is 28.8 Å². The van der Waals surface area contributed by atoms with Gasteiger partial charge < -0.3 is 9.84 Å². The molecule has 0 bridgehead atoms. The Bertz CT molecular complexity index is 363. The molecule has 0 atom stereocenters. The maximum absolute atomic E-state index is 12.5. The zero-order chi connectivity index (χ0) is 13.1. The topological polar surface area (TPSA) is 42.4 Å². The molecule has 0 saturated heterocycles. The average Bonchev–Trinajstić information content (AvgIpc) is 2.25.